The highest BCUT2D eigenvalue weighted by atomic mass is 127. The van der Waals surface area contributed by atoms with E-state index in [2.05, 4.69) is 33.2 Å². The smallest absolute Gasteiger partial charge is 0.265 e. The third-order valence-electron chi connectivity index (χ3n) is 3.21. The number of halogens is 1. The Hall–Kier alpha value is -2.19. The normalized spacial score (nSPS) is 10.2. The summed E-state index contributed by atoms with van der Waals surface area (Å²) >= 11 is 3.55. The van der Waals surface area contributed by atoms with Gasteiger partial charge in [-0.05, 0) is 70.4 Å². The highest BCUT2D eigenvalue weighted by Crippen LogP contribution is 2.18. The summed E-state index contributed by atoms with van der Waals surface area (Å²) in [6.45, 7) is 0. The minimum atomic E-state index is -0.185. The first-order valence-electron chi connectivity index (χ1n) is 7.14. The van der Waals surface area contributed by atoms with Gasteiger partial charge in [0.1, 0.15) is 0 Å². The molecular weight excluding hydrogens is 435 g/mol. The summed E-state index contributed by atoms with van der Waals surface area (Å²) in [6.07, 6.45) is 0. The van der Waals surface area contributed by atoms with Gasteiger partial charge in [0, 0.05) is 20.5 Å². The van der Waals surface area contributed by atoms with Crippen molar-refractivity contribution in [3.8, 4) is 0 Å². The van der Waals surface area contributed by atoms with Gasteiger partial charge >= 0.3 is 0 Å². The molecule has 0 saturated heterocycles. The summed E-state index contributed by atoms with van der Waals surface area (Å²) in [5.74, 6) is -0.346. The lowest BCUT2D eigenvalue weighted by atomic mass is 10.2. The standard InChI is InChI=1S/C18H13IN2O2S/c19-13-5-1-4-12(10-13)17(22)20-14-6-2-7-15(11-14)21-18(23)16-8-3-9-24-16/h1-11H,(H,20,22)(H,21,23). The molecule has 0 spiro atoms. The fourth-order valence-corrected chi connectivity index (χ4v) is 3.27. The summed E-state index contributed by atoms with van der Waals surface area (Å²) in [5, 5.41) is 7.52. The van der Waals surface area contributed by atoms with Gasteiger partial charge in [0.05, 0.1) is 4.88 Å². The maximum absolute atomic E-state index is 12.3. The molecule has 2 aromatic carbocycles. The molecule has 24 heavy (non-hydrogen) atoms. The second-order valence-electron chi connectivity index (χ2n) is 4.98. The Morgan fingerprint density at radius 3 is 2.21 bits per heavy atom. The molecule has 0 bridgehead atoms. The average molecular weight is 448 g/mol. The Morgan fingerprint density at radius 2 is 1.54 bits per heavy atom. The number of benzene rings is 2. The van der Waals surface area contributed by atoms with Gasteiger partial charge in [0.15, 0.2) is 0 Å². The van der Waals surface area contributed by atoms with Gasteiger partial charge in [0.25, 0.3) is 11.8 Å². The second-order valence-corrected chi connectivity index (χ2v) is 7.17. The first-order chi connectivity index (χ1) is 11.6. The molecule has 0 aliphatic heterocycles. The molecule has 0 saturated carbocycles. The number of hydrogen-bond acceptors (Lipinski definition) is 3. The number of hydrogen-bond donors (Lipinski definition) is 2. The molecule has 0 aliphatic carbocycles. The van der Waals surface area contributed by atoms with Crippen LogP contribution in [0.1, 0.15) is 20.0 Å². The third kappa shape index (κ3) is 4.21. The zero-order valence-electron chi connectivity index (χ0n) is 12.5. The summed E-state index contributed by atoms with van der Waals surface area (Å²) in [5.41, 5.74) is 1.85. The molecule has 1 heterocycles. The van der Waals surface area contributed by atoms with E-state index in [1.165, 1.54) is 11.3 Å². The van der Waals surface area contributed by atoms with E-state index in [-0.39, 0.29) is 11.8 Å². The number of carbonyl (C=O) groups is 2. The summed E-state index contributed by atoms with van der Waals surface area (Å²) in [6, 6.07) is 18.0. The van der Waals surface area contributed by atoms with Gasteiger partial charge in [-0.3, -0.25) is 9.59 Å². The van der Waals surface area contributed by atoms with Crippen LogP contribution in [0, 0.1) is 3.57 Å². The molecule has 2 amide bonds. The largest absolute Gasteiger partial charge is 0.322 e. The molecule has 0 atom stereocenters. The maximum atomic E-state index is 12.3. The van der Waals surface area contributed by atoms with Crippen LogP contribution in [0.5, 0.6) is 0 Å². The van der Waals surface area contributed by atoms with Crippen molar-refractivity contribution in [2.45, 2.75) is 0 Å². The highest BCUT2D eigenvalue weighted by molar-refractivity contribution is 14.1. The minimum Gasteiger partial charge on any atom is -0.322 e. The molecule has 0 fully saturated rings. The molecule has 1 aromatic heterocycles. The van der Waals surface area contributed by atoms with Gasteiger partial charge in [-0.25, -0.2) is 0 Å². The van der Waals surface area contributed by atoms with Crippen LogP contribution in [0.3, 0.4) is 0 Å². The van der Waals surface area contributed by atoms with Gasteiger partial charge < -0.3 is 10.6 Å². The van der Waals surface area contributed by atoms with Crippen molar-refractivity contribution in [3.63, 3.8) is 0 Å². The Kier molecular flexibility index (Phi) is 5.27. The molecule has 0 radical (unpaired) electrons. The van der Waals surface area contributed by atoms with E-state index < -0.39 is 0 Å². The highest BCUT2D eigenvalue weighted by Gasteiger charge is 2.09. The minimum absolute atomic E-state index is 0.161. The zero-order valence-corrected chi connectivity index (χ0v) is 15.4. The van der Waals surface area contributed by atoms with Crippen molar-refractivity contribution in [2.24, 2.45) is 0 Å². The Morgan fingerprint density at radius 1 is 0.833 bits per heavy atom. The van der Waals surface area contributed by atoms with Crippen LogP contribution in [0.25, 0.3) is 0 Å². The molecule has 2 N–H and O–H groups in total. The van der Waals surface area contributed by atoms with Gasteiger partial charge in [-0.1, -0.05) is 18.2 Å². The molecule has 3 rings (SSSR count). The number of thiophene rings is 1. The number of carbonyl (C=O) groups excluding carboxylic acids is 2. The first-order valence-corrected chi connectivity index (χ1v) is 9.09. The van der Waals surface area contributed by atoms with E-state index in [1.54, 1.807) is 36.4 Å². The summed E-state index contributed by atoms with van der Waals surface area (Å²) in [7, 11) is 0. The quantitative estimate of drug-likeness (QED) is 0.561. The number of rotatable bonds is 4. The van der Waals surface area contributed by atoms with E-state index >= 15 is 0 Å². The van der Waals surface area contributed by atoms with Crippen LogP contribution >= 0.6 is 33.9 Å². The fourth-order valence-electron chi connectivity index (χ4n) is 2.11. The predicted octanol–water partition coefficient (Wildman–Crippen LogP) is 4.86. The SMILES string of the molecule is O=C(Nc1cccc(NC(=O)c2cccs2)c1)c1cccc(I)c1. The van der Waals surface area contributed by atoms with Crippen LogP contribution < -0.4 is 10.6 Å². The van der Waals surface area contributed by atoms with E-state index in [9.17, 15) is 9.59 Å². The lowest BCUT2D eigenvalue weighted by molar-refractivity contribution is 0.102. The van der Waals surface area contributed by atoms with Gasteiger partial charge in [-0.15, -0.1) is 11.3 Å². The second kappa shape index (κ2) is 7.59. The number of anilines is 2. The first kappa shape index (κ1) is 16.7. The molecule has 6 heteroatoms. The lowest BCUT2D eigenvalue weighted by Gasteiger charge is -2.08. The number of nitrogens with one attached hydrogen (secondary N) is 2. The van der Waals surface area contributed by atoms with Gasteiger partial charge in [0.2, 0.25) is 0 Å². The molecule has 0 unspecified atom stereocenters. The Bertz CT molecular complexity index is 878. The fraction of sp³-hybridized carbons (Fsp3) is 0. The van der Waals surface area contributed by atoms with Crippen molar-refractivity contribution in [2.75, 3.05) is 10.6 Å². The van der Waals surface area contributed by atoms with E-state index in [4.69, 9.17) is 0 Å². The van der Waals surface area contributed by atoms with Crippen molar-refractivity contribution in [3.05, 3.63) is 80.1 Å². The topological polar surface area (TPSA) is 58.2 Å². The van der Waals surface area contributed by atoms with Crippen LogP contribution in [0.4, 0.5) is 11.4 Å². The van der Waals surface area contributed by atoms with Crippen LogP contribution in [-0.2, 0) is 0 Å². The maximum Gasteiger partial charge on any atom is 0.265 e. The molecule has 4 nitrogen and oxygen atoms in total. The van der Waals surface area contributed by atoms with Crippen molar-refractivity contribution in [1.29, 1.82) is 0 Å². The van der Waals surface area contributed by atoms with E-state index in [0.29, 0.717) is 21.8 Å². The van der Waals surface area contributed by atoms with E-state index in [1.807, 2.05) is 29.6 Å². The van der Waals surface area contributed by atoms with Crippen molar-refractivity contribution >= 4 is 57.1 Å². The summed E-state index contributed by atoms with van der Waals surface area (Å²) < 4.78 is 0.997. The Labute approximate surface area is 157 Å². The molecular formula is C18H13IN2O2S. The third-order valence-corrected chi connectivity index (χ3v) is 4.75. The van der Waals surface area contributed by atoms with Crippen molar-refractivity contribution in [1.82, 2.24) is 0 Å². The van der Waals surface area contributed by atoms with Crippen LogP contribution in [0.15, 0.2) is 66.0 Å². The lowest BCUT2D eigenvalue weighted by Crippen LogP contribution is -2.13. The average Bonchev–Trinajstić information content (AvgIpc) is 3.10. The molecule has 3 aromatic rings. The summed E-state index contributed by atoms with van der Waals surface area (Å²) in [4.78, 5) is 25.0. The predicted molar refractivity (Wildman–Crippen MR) is 106 cm³/mol. The van der Waals surface area contributed by atoms with E-state index in [0.717, 1.165) is 3.57 Å². The molecule has 0 aliphatic rings. The number of amides is 2. The van der Waals surface area contributed by atoms with Crippen LogP contribution in [-0.4, -0.2) is 11.8 Å². The zero-order chi connectivity index (χ0) is 16.9. The monoisotopic (exact) mass is 448 g/mol. The molecule has 120 valence electrons. The Balaban J connectivity index is 1.71. The van der Waals surface area contributed by atoms with Crippen molar-refractivity contribution < 1.29 is 9.59 Å². The van der Waals surface area contributed by atoms with Gasteiger partial charge in [-0.2, -0.15) is 0 Å². The van der Waals surface area contributed by atoms with Crippen LogP contribution in [0.2, 0.25) is 0 Å².